The molecule has 2 fully saturated rings. The summed E-state index contributed by atoms with van der Waals surface area (Å²) >= 11 is 0. The summed E-state index contributed by atoms with van der Waals surface area (Å²) in [4.78, 5) is 43.8. The second kappa shape index (κ2) is 11.1. The van der Waals surface area contributed by atoms with Gasteiger partial charge in [-0.15, -0.1) is 0 Å². The number of piperidine rings is 2. The first kappa shape index (κ1) is 27.1. The maximum atomic E-state index is 13.6. The van der Waals surface area contributed by atoms with Gasteiger partial charge in [0.25, 0.3) is 17.4 Å². The zero-order chi connectivity index (χ0) is 28.7. The van der Waals surface area contributed by atoms with Gasteiger partial charge in [-0.05, 0) is 79.1 Å². The molecule has 1 N–H and O–H groups in total. The zero-order valence-corrected chi connectivity index (χ0v) is 24.0. The Bertz CT molecular complexity index is 1500. The molecule has 8 nitrogen and oxygen atoms in total. The first-order chi connectivity index (χ1) is 19.8. The molecule has 3 aromatic rings. The van der Waals surface area contributed by atoms with Crippen LogP contribution in [-0.4, -0.2) is 54.6 Å². The lowest BCUT2D eigenvalue weighted by Crippen LogP contribution is -2.47. The highest BCUT2D eigenvalue weighted by atomic mass is 16.5. The minimum absolute atomic E-state index is 0.00119. The van der Waals surface area contributed by atoms with Crippen LogP contribution in [0.1, 0.15) is 59.0 Å². The van der Waals surface area contributed by atoms with Crippen LogP contribution in [0, 0.1) is 17.8 Å². The van der Waals surface area contributed by atoms with E-state index in [1.54, 1.807) is 37.4 Å². The van der Waals surface area contributed by atoms with Crippen LogP contribution in [0.2, 0.25) is 0 Å². The number of hydrogen-bond donors (Lipinski definition) is 1. The molecule has 0 aliphatic carbocycles. The average Bonchev–Trinajstić information content (AvgIpc) is 2.96. The second-order valence-electron chi connectivity index (χ2n) is 12.2. The number of carbonyl (C=O) groups excluding carboxylic acids is 2. The van der Waals surface area contributed by atoms with Crippen molar-refractivity contribution in [1.29, 1.82) is 0 Å². The van der Waals surface area contributed by atoms with E-state index in [0.717, 1.165) is 50.4 Å². The van der Waals surface area contributed by atoms with E-state index in [4.69, 9.17) is 4.74 Å². The van der Waals surface area contributed by atoms with Crippen LogP contribution in [-0.2, 0) is 6.54 Å². The number of amides is 2. The third-order valence-electron chi connectivity index (χ3n) is 8.82. The van der Waals surface area contributed by atoms with Gasteiger partial charge in [-0.25, -0.2) is 0 Å². The molecule has 8 heteroatoms. The van der Waals surface area contributed by atoms with E-state index in [1.807, 2.05) is 33.7 Å². The molecule has 41 heavy (non-hydrogen) atoms. The number of likely N-dealkylation sites (tertiary alicyclic amines) is 1. The summed E-state index contributed by atoms with van der Waals surface area (Å²) in [7, 11) is 1.59. The minimum Gasteiger partial charge on any atom is -0.497 e. The molecule has 0 saturated carbocycles. The van der Waals surface area contributed by atoms with Crippen LogP contribution in [0.15, 0.2) is 65.5 Å². The Morgan fingerprint density at radius 1 is 0.854 bits per heavy atom. The monoisotopic (exact) mass is 554 g/mol. The number of aromatic nitrogens is 1. The van der Waals surface area contributed by atoms with Crippen molar-refractivity contribution in [3.63, 3.8) is 0 Å². The van der Waals surface area contributed by atoms with Crippen LogP contribution in [0.25, 0.3) is 0 Å². The van der Waals surface area contributed by atoms with Crippen molar-refractivity contribution in [2.75, 3.05) is 43.5 Å². The predicted molar refractivity (Wildman–Crippen MR) is 160 cm³/mol. The minimum atomic E-state index is -0.243. The summed E-state index contributed by atoms with van der Waals surface area (Å²) in [5.41, 5.74) is 3.74. The number of carbonyl (C=O) groups is 2. The third-order valence-corrected chi connectivity index (χ3v) is 8.82. The molecule has 0 radical (unpaired) electrons. The number of methoxy groups -OCH3 is 1. The number of rotatable bonds is 5. The number of anilines is 2. The number of pyridine rings is 1. The quantitative estimate of drug-likeness (QED) is 0.488. The van der Waals surface area contributed by atoms with Crippen molar-refractivity contribution in [1.82, 2.24) is 9.47 Å². The average molecular weight is 555 g/mol. The van der Waals surface area contributed by atoms with Crippen LogP contribution < -0.4 is 20.5 Å². The number of hydrogen-bond acceptors (Lipinski definition) is 5. The SMILES string of the molecule is COc1ccc(C(=O)Nc2cc(C(=O)N3C[C@H](C)C[C@H](C)C3)ccc2N2C[C@H]3C[C@@H](C2)c2cccc(=O)n2C3)cc1. The van der Waals surface area contributed by atoms with Crippen LogP contribution in [0.4, 0.5) is 11.4 Å². The maximum absolute atomic E-state index is 13.6. The summed E-state index contributed by atoms with van der Waals surface area (Å²) < 4.78 is 7.17. The zero-order valence-electron chi connectivity index (χ0n) is 24.0. The van der Waals surface area contributed by atoms with E-state index < -0.39 is 0 Å². The number of benzene rings is 2. The molecular weight excluding hydrogens is 516 g/mol. The fourth-order valence-electron chi connectivity index (χ4n) is 7.09. The molecule has 4 heterocycles. The number of ether oxygens (including phenoxy) is 1. The van der Waals surface area contributed by atoms with Crippen molar-refractivity contribution >= 4 is 23.2 Å². The predicted octanol–water partition coefficient (Wildman–Crippen LogP) is 4.85. The molecule has 0 unspecified atom stereocenters. The Kier molecular flexibility index (Phi) is 7.32. The van der Waals surface area contributed by atoms with E-state index in [1.165, 1.54) is 0 Å². The Morgan fingerprint density at radius 3 is 2.32 bits per heavy atom. The molecule has 2 aromatic carbocycles. The van der Waals surface area contributed by atoms with E-state index in [-0.39, 0.29) is 23.3 Å². The van der Waals surface area contributed by atoms with Crippen LogP contribution >= 0.6 is 0 Å². The van der Waals surface area contributed by atoms with Gasteiger partial charge in [0.05, 0.1) is 18.5 Å². The van der Waals surface area contributed by atoms with Gasteiger partial charge in [-0.3, -0.25) is 14.4 Å². The van der Waals surface area contributed by atoms with Gasteiger partial charge in [0.2, 0.25) is 0 Å². The summed E-state index contributed by atoms with van der Waals surface area (Å²) in [6, 6.07) is 18.2. The highest BCUT2D eigenvalue weighted by Gasteiger charge is 2.36. The Labute approximate surface area is 240 Å². The van der Waals surface area contributed by atoms with Crippen molar-refractivity contribution < 1.29 is 14.3 Å². The first-order valence-electron chi connectivity index (χ1n) is 14.6. The maximum Gasteiger partial charge on any atom is 0.255 e. The largest absolute Gasteiger partial charge is 0.497 e. The standard InChI is InChI=1S/C33H38N4O4/c1-21-13-22(2)17-36(16-21)33(40)25-9-12-30(28(15-25)34-32(39)24-7-10-27(41-3)11-8-24)35-18-23-14-26(20-35)29-5-4-6-31(38)37(29)19-23/h4-12,15,21-23,26H,13-14,16-20H2,1-3H3,(H,34,39)/t21-,22+,23-,26+/m1/s1. The molecule has 3 aliphatic heterocycles. The molecule has 6 rings (SSSR count). The second-order valence-corrected chi connectivity index (χ2v) is 12.2. The fraction of sp³-hybridized carbons (Fsp3) is 0.424. The lowest BCUT2D eigenvalue weighted by atomic mass is 9.83. The molecule has 2 saturated heterocycles. The summed E-state index contributed by atoms with van der Waals surface area (Å²) in [6.07, 6.45) is 2.16. The topological polar surface area (TPSA) is 83.9 Å². The molecule has 214 valence electrons. The van der Waals surface area contributed by atoms with E-state index in [2.05, 4.69) is 30.1 Å². The van der Waals surface area contributed by atoms with Crippen molar-refractivity contribution in [3.8, 4) is 5.75 Å². The van der Waals surface area contributed by atoms with Crippen molar-refractivity contribution in [2.24, 2.45) is 17.8 Å². The van der Waals surface area contributed by atoms with Gasteiger partial charge in [-0.2, -0.15) is 0 Å². The normalized spacial score (nSPS) is 23.5. The Morgan fingerprint density at radius 2 is 1.59 bits per heavy atom. The lowest BCUT2D eigenvalue weighted by molar-refractivity contribution is 0.0623. The van der Waals surface area contributed by atoms with Gasteiger partial charge in [0.1, 0.15) is 5.75 Å². The van der Waals surface area contributed by atoms with Gasteiger partial charge < -0.3 is 24.4 Å². The smallest absolute Gasteiger partial charge is 0.255 e. The first-order valence-corrected chi connectivity index (χ1v) is 14.6. The van der Waals surface area contributed by atoms with Crippen LogP contribution in [0.3, 0.4) is 0 Å². The highest BCUT2D eigenvalue weighted by molar-refractivity contribution is 6.07. The fourth-order valence-corrected chi connectivity index (χ4v) is 7.09. The third kappa shape index (κ3) is 5.47. The van der Waals surface area contributed by atoms with E-state index in [0.29, 0.717) is 46.9 Å². The molecule has 1 aromatic heterocycles. The lowest BCUT2D eigenvalue weighted by Gasteiger charge is -2.44. The number of nitrogens with zero attached hydrogens (tertiary/aromatic N) is 3. The van der Waals surface area contributed by atoms with Gasteiger partial charge in [0.15, 0.2) is 0 Å². The Hall–Kier alpha value is -4.07. The number of fused-ring (bicyclic) bond motifs is 4. The van der Waals surface area contributed by atoms with Crippen LogP contribution in [0.5, 0.6) is 5.75 Å². The van der Waals surface area contributed by atoms with Crippen molar-refractivity contribution in [3.05, 3.63) is 87.8 Å². The van der Waals surface area contributed by atoms with Crippen molar-refractivity contribution in [2.45, 2.75) is 39.2 Å². The molecule has 0 spiro atoms. The summed E-state index contributed by atoms with van der Waals surface area (Å²) in [6.45, 7) is 8.08. The summed E-state index contributed by atoms with van der Waals surface area (Å²) in [5.74, 6) is 1.90. The van der Waals surface area contributed by atoms with Gasteiger partial charge in [0, 0.05) is 61.5 Å². The van der Waals surface area contributed by atoms with Gasteiger partial charge in [-0.1, -0.05) is 19.9 Å². The molecule has 2 amide bonds. The molecular formula is C33H38N4O4. The van der Waals surface area contributed by atoms with E-state index >= 15 is 0 Å². The van der Waals surface area contributed by atoms with E-state index in [9.17, 15) is 14.4 Å². The summed E-state index contributed by atoms with van der Waals surface area (Å²) in [5, 5.41) is 3.12. The molecule has 2 bridgehead atoms. The van der Waals surface area contributed by atoms with Gasteiger partial charge >= 0.3 is 0 Å². The Balaban J connectivity index is 1.33. The number of nitrogens with one attached hydrogen (secondary N) is 1. The molecule has 3 aliphatic rings. The highest BCUT2D eigenvalue weighted by Crippen LogP contribution is 2.39. The molecule has 4 atom stereocenters.